The van der Waals surface area contributed by atoms with Gasteiger partial charge in [0.05, 0.1) is 5.92 Å². The molecule has 4 aliphatic rings. The Morgan fingerprint density at radius 1 is 0.973 bits per heavy atom. The van der Waals surface area contributed by atoms with Gasteiger partial charge in [0, 0.05) is 33.0 Å². The first-order chi connectivity index (χ1) is 17.8. The van der Waals surface area contributed by atoms with E-state index >= 15 is 0 Å². The van der Waals surface area contributed by atoms with Gasteiger partial charge in [-0.15, -0.1) is 0 Å². The summed E-state index contributed by atoms with van der Waals surface area (Å²) in [5.41, 5.74) is 2.76. The Hall–Kier alpha value is -3.29. The van der Waals surface area contributed by atoms with Gasteiger partial charge in [-0.2, -0.15) is 0 Å². The van der Waals surface area contributed by atoms with Crippen LogP contribution in [-0.4, -0.2) is 35.1 Å². The van der Waals surface area contributed by atoms with E-state index in [0.29, 0.717) is 17.8 Å². The van der Waals surface area contributed by atoms with E-state index < -0.39 is 16.9 Å². The molecule has 37 heavy (non-hydrogen) atoms. The molecule has 0 aromatic heterocycles. The van der Waals surface area contributed by atoms with Gasteiger partial charge in [-0.25, -0.2) is 0 Å². The molecule has 2 amide bonds. The molecule has 186 valence electrons. The first kappa shape index (κ1) is 22.9. The highest BCUT2D eigenvalue weighted by atomic mass is 79.9. The monoisotopic (exact) mass is 555 g/mol. The van der Waals surface area contributed by atoms with Crippen LogP contribution < -0.4 is 10.6 Å². The van der Waals surface area contributed by atoms with Crippen molar-refractivity contribution in [2.24, 2.45) is 5.92 Å². The third-order valence-corrected chi connectivity index (χ3v) is 9.49. The second-order valence-corrected chi connectivity index (χ2v) is 11.6. The molecule has 0 bridgehead atoms. The fourth-order valence-corrected chi connectivity index (χ4v) is 8.09. The molecule has 6 nitrogen and oxygen atoms in total. The Morgan fingerprint density at radius 3 is 2.51 bits per heavy atom. The number of carbonyl (C=O) groups excluding carboxylic acids is 3. The Morgan fingerprint density at radius 2 is 1.73 bits per heavy atom. The number of amides is 2. The van der Waals surface area contributed by atoms with E-state index in [4.69, 9.17) is 0 Å². The van der Waals surface area contributed by atoms with Crippen LogP contribution in [0.4, 0.5) is 11.4 Å². The summed E-state index contributed by atoms with van der Waals surface area (Å²) in [4.78, 5) is 45.7. The van der Waals surface area contributed by atoms with Crippen LogP contribution in [0, 0.1) is 19.8 Å². The molecule has 0 aliphatic carbocycles. The lowest BCUT2D eigenvalue weighted by Gasteiger charge is -2.43. The summed E-state index contributed by atoms with van der Waals surface area (Å²) >= 11 is 3.47. The Balaban J connectivity index is 1.60. The predicted molar refractivity (Wildman–Crippen MR) is 145 cm³/mol. The number of anilines is 2. The average Bonchev–Trinajstić information content (AvgIpc) is 3.59. The van der Waals surface area contributed by atoms with Crippen LogP contribution in [0.5, 0.6) is 0 Å². The smallest absolute Gasteiger partial charge is 0.251 e. The molecule has 0 saturated carbocycles. The third kappa shape index (κ3) is 2.61. The van der Waals surface area contributed by atoms with Crippen LogP contribution >= 0.6 is 15.9 Å². The number of para-hydroxylation sites is 1. The number of carbonyl (C=O) groups is 3. The van der Waals surface area contributed by atoms with Crippen molar-refractivity contribution in [3.63, 3.8) is 0 Å². The SMILES string of the molecule is Cc1cc(C)c2c(c1)C1(C(=O)N2)N2CCCC2C(C(=O)c2ccc(Br)cc2)C12C(=O)Nc1ccccc12. The van der Waals surface area contributed by atoms with Crippen molar-refractivity contribution in [3.05, 3.63) is 93.0 Å². The van der Waals surface area contributed by atoms with Crippen LogP contribution in [0.3, 0.4) is 0 Å². The van der Waals surface area contributed by atoms with E-state index in [9.17, 15) is 14.4 Å². The van der Waals surface area contributed by atoms with Gasteiger partial charge in [0.2, 0.25) is 5.91 Å². The maximum atomic E-state index is 14.6. The van der Waals surface area contributed by atoms with E-state index in [1.165, 1.54) is 0 Å². The number of nitrogens with one attached hydrogen (secondary N) is 2. The van der Waals surface area contributed by atoms with Crippen molar-refractivity contribution >= 4 is 44.9 Å². The topological polar surface area (TPSA) is 78.5 Å². The minimum absolute atomic E-state index is 0.0984. The van der Waals surface area contributed by atoms with Gasteiger partial charge in [0.25, 0.3) is 5.91 Å². The van der Waals surface area contributed by atoms with Crippen molar-refractivity contribution in [2.75, 3.05) is 17.2 Å². The number of Topliss-reactive ketones (excluding diaryl/α,β-unsaturated/α-hetero) is 1. The van der Waals surface area contributed by atoms with Crippen molar-refractivity contribution in [2.45, 2.75) is 43.7 Å². The average molecular weight is 556 g/mol. The predicted octanol–water partition coefficient (Wildman–Crippen LogP) is 5.08. The lowest BCUT2D eigenvalue weighted by Crippen LogP contribution is -2.62. The minimum atomic E-state index is -1.41. The normalized spacial score (nSPS) is 29.4. The summed E-state index contributed by atoms with van der Waals surface area (Å²) in [6.07, 6.45) is 1.61. The second-order valence-electron chi connectivity index (χ2n) is 10.7. The van der Waals surface area contributed by atoms with Gasteiger partial charge < -0.3 is 10.6 Å². The second kappa shape index (κ2) is 7.62. The van der Waals surface area contributed by atoms with Gasteiger partial charge >= 0.3 is 0 Å². The van der Waals surface area contributed by atoms with Crippen LogP contribution in [0.1, 0.15) is 45.5 Å². The maximum absolute atomic E-state index is 14.6. The molecule has 4 aliphatic heterocycles. The molecule has 0 radical (unpaired) electrons. The molecule has 4 unspecified atom stereocenters. The fourth-order valence-electron chi connectivity index (χ4n) is 7.83. The number of ketones is 1. The molecule has 7 heteroatoms. The molecule has 2 fully saturated rings. The van der Waals surface area contributed by atoms with E-state index in [-0.39, 0.29) is 23.6 Å². The molecule has 3 aromatic rings. The van der Waals surface area contributed by atoms with Crippen LogP contribution in [-0.2, 0) is 20.5 Å². The zero-order chi connectivity index (χ0) is 25.7. The number of fused-ring (bicyclic) bond motifs is 7. The number of hydrogen-bond acceptors (Lipinski definition) is 4. The Bertz CT molecular complexity index is 1530. The summed E-state index contributed by atoms with van der Waals surface area (Å²) < 4.78 is 0.878. The van der Waals surface area contributed by atoms with Crippen molar-refractivity contribution in [1.82, 2.24) is 4.90 Å². The van der Waals surface area contributed by atoms with Crippen LogP contribution in [0.2, 0.25) is 0 Å². The fraction of sp³-hybridized carbons (Fsp3) is 0.300. The molecule has 2 N–H and O–H groups in total. The highest BCUT2D eigenvalue weighted by molar-refractivity contribution is 9.10. The van der Waals surface area contributed by atoms with E-state index in [1.807, 2.05) is 62.4 Å². The van der Waals surface area contributed by atoms with E-state index in [2.05, 4.69) is 31.5 Å². The maximum Gasteiger partial charge on any atom is 0.251 e. The van der Waals surface area contributed by atoms with Gasteiger partial charge in [-0.3, -0.25) is 19.3 Å². The standard InChI is InChI=1S/C30H26BrN3O3/c1-16-14-17(2)25-21(15-16)30(28(37)33-25)29(20-6-3-4-7-22(20)32-27(29)36)24(23-8-5-13-34(23)30)26(35)18-9-11-19(31)12-10-18/h3-4,6-7,9-12,14-15,23-24H,5,8,13H2,1-2H3,(H,32,36)(H,33,37). The summed E-state index contributed by atoms with van der Waals surface area (Å²) in [6, 6.07) is 18.7. The van der Waals surface area contributed by atoms with Crippen molar-refractivity contribution < 1.29 is 14.4 Å². The number of halogens is 1. The van der Waals surface area contributed by atoms with Gasteiger partial charge in [0.1, 0.15) is 11.0 Å². The first-order valence-electron chi connectivity index (χ1n) is 12.7. The number of benzene rings is 3. The van der Waals surface area contributed by atoms with Gasteiger partial charge in [0.15, 0.2) is 5.78 Å². The number of hydrogen-bond donors (Lipinski definition) is 2. The lowest BCUT2D eigenvalue weighted by atomic mass is 9.57. The zero-order valence-electron chi connectivity index (χ0n) is 20.6. The molecule has 7 rings (SSSR count). The molecular formula is C30H26BrN3O3. The van der Waals surface area contributed by atoms with E-state index in [0.717, 1.165) is 45.3 Å². The molecular weight excluding hydrogens is 530 g/mol. The summed E-state index contributed by atoms with van der Waals surface area (Å²) in [6.45, 7) is 4.65. The molecule has 2 saturated heterocycles. The highest BCUT2D eigenvalue weighted by Gasteiger charge is 2.81. The quantitative estimate of drug-likeness (QED) is 0.432. The number of rotatable bonds is 2. The number of aryl methyl sites for hydroxylation is 2. The zero-order valence-corrected chi connectivity index (χ0v) is 22.2. The Kier molecular flexibility index (Phi) is 4.71. The molecule has 4 atom stereocenters. The third-order valence-electron chi connectivity index (χ3n) is 8.96. The summed E-state index contributed by atoms with van der Waals surface area (Å²) in [7, 11) is 0. The Labute approximate surface area is 223 Å². The molecule has 2 spiro atoms. The molecule has 3 aromatic carbocycles. The minimum Gasteiger partial charge on any atom is -0.325 e. The lowest BCUT2D eigenvalue weighted by molar-refractivity contribution is -0.137. The van der Waals surface area contributed by atoms with Crippen molar-refractivity contribution in [3.8, 4) is 0 Å². The van der Waals surface area contributed by atoms with Gasteiger partial charge in [-0.05, 0) is 62.6 Å². The summed E-state index contributed by atoms with van der Waals surface area (Å²) in [5, 5.41) is 6.26. The molecule has 4 heterocycles. The van der Waals surface area contributed by atoms with Crippen LogP contribution in [0.25, 0.3) is 0 Å². The largest absolute Gasteiger partial charge is 0.325 e. The van der Waals surface area contributed by atoms with Crippen LogP contribution in [0.15, 0.2) is 65.1 Å². The number of nitrogens with zero attached hydrogens (tertiary/aromatic N) is 1. The van der Waals surface area contributed by atoms with Gasteiger partial charge in [-0.1, -0.05) is 64.0 Å². The highest BCUT2D eigenvalue weighted by Crippen LogP contribution is 2.68. The summed E-state index contributed by atoms with van der Waals surface area (Å²) in [5.74, 6) is -1.32. The van der Waals surface area contributed by atoms with Crippen molar-refractivity contribution in [1.29, 1.82) is 0 Å². The van der Waals surface area contributed by atoms with E-state index in [1.54, 1.807) is 12.1 Å². The first-order valence-corrected chi connectivity index (χ1v) is 13.5.